The molecule has 1 rings (SSSR count). The Labute approximate surface area is 105 Å². The van der Waals surface area contributed by atoms with Crippen molar-refractivity contribution in [1.82, 2.24) is 9.80 Å². The van der Waals surface area contributed by atoms with E-state index in [1.807, 2.05) is 0 Å². The summed E-state index contributed by atoms with van der Waals surface area (Å²) < 4.78 is 0. The first-order valence-corrected chi connectivity index (χ1v) is 6.56. The predicted octanol–water partition coefficient (Wildman–Crippen LogP) is 1.51. The molecule has 0 radical (unpaired) electrons. The fourth-order valence-electron chi connectivity index (χ4n) is 2.35. The molecule has 4 nitrogen and oxygen atoms in total. The number of rotatable bonds is 5. The topological polar surface area (TPSA) is 43.8 Å². The molecule has 0 aromatic heterocycles. The van der Waals surface area contributed by atoms with Gasteiger partial charge in [-0.1, -0.05) is 13.8 Å². The third-order valence-electron chi connectivity index (χ3n) is 3.67. The number of carboxylic acid groups (broad SMARTS) is 1. The monoisotopic (exact) mass is 242 g/mol. The molecule has 0 amide bonds. The Morgan fingerprint density at radius 1 is 1.41 bits per heavy atom. The lowest BCUT2D eigenvalue weighted by Crippen LogP contribution is -2.56. The zero-order chi connectivity index (χ0) is 13.0. The molecule has 2 atom stereocenters. The van der Waals surface area contributed by atoms with Gasteiger partial charge in [0, 0.05) is 25.2 Å². The van der Waals surface area contributed by atoms with Gasteiger partial charge < -0.3 is 10.0 Å². The van der Waals surface area contributed by atoms with Crippen LogP contribution in [0.1, 0.15) is 33.6 Å². The fraction of sp³-hybridized carbons (Fsp3) is 0.923. The van der Waals surface area contributed by atoms with Crippen LogP contribution < -0.4 is 0 Å². The lowest BCUT2D eigenvalue weighted by atomic mass is 10.0. The summed E-state index contributed by atoms with van der Waals surface area (Å²) in [6.07, 6.45) is 1.40. The Morgan fingerprint density at radius 2 is 2.06 bits per heavy atom. The number of nitrogens with zero attached hydrogens (tertiary/aromatic N) is 2. The maximum Gasteiger partial charge on any atom is 0.304 e. The van der Waals surface area contributed by atoms with Crippen LogP contribution in [0, 0.1) is 5.92 Å². The van der Waals surface area contributed by atoms with Gasteiger partial charge in [-0.15, -0.1) is 0 Å². The van der Waals surface area contributed by atoms with Gasteiger partial charge in [0.2, 0.25) is 0 Å². The molecular weight excluding hydrogens is 216 g/mol. The van der Waals surface area contributed by atoms with Crippen LogP contribution in [-0.4, -0.2) is 59.6 Å². The van der Waals surface area contributed by atoms with Crippen LogP contribution >= 0.6 is 0 Å². The molecular formula is C13H26N2O2. The van der Waals surface area contributed by atoms with Crippen molar-refractivity contribution < 1.29 is 9.90 Å². The molecule has 100 valence electrons. The number of likely N-dealkylation sites (N-methyl/N-ethyl adjacent to an activating group) is 1. The summed E-state index contributed by atoms with van der Waals surface area (Å²) in [6, 6.07) is 0.694. The smallest absolute Gasteiger partial charge is 0.304 e. The van der Waals surface area contributed by atoms with E-state index in [1.165, 1.54) is 0 Å². The number of hydrogen-bond acceptors (Lipinski definition) is 3. The maximum absolute atomic E-state index is 10.9. The van der Waals surface area contributed by atoms with Crippen LogP contribution in [0.4, 0.5) is 0 Å². The van der Waals surface area contributed by atoms with E-state index in [1.54, 1.807) is 0 Å². The van der Waals surface area contributed by atoms with Crippen LogP contribution in [0.2, 0.25) is 0 Å². The highest BCUT2D eigenvalue weighted by atomic mass is 16.4. The van der Waals surface area contributed by atoms with Crippen molar-refractivity contribution in [3.05, 3.63) is 0 Å². The summed E-state index contributed by atoms with van der Waals surface area (Å²) in [7, 11) is 2.08. The number of carbonyl (C=O) groups is 1. The average molecular weight is 242 g/mol. The second kappa shape index (κ2) is 6.36. The third kappa shape index (κ3) is 4.64. The second-order valence-corrected chi connectivity index (χ2v) is 5.72. The van der Waals surface area contributed by atoms with Gasteiger partial charge in [-0.25, -0.2) is 0 Å². The van der Waals surface area contributed by atoms with E-state index in [-0.39, 0.29) is 12.5 Å². The van der Waals surface area contributed by atoms with Crippen LogP contribution in [0.25, 0.3) is 0 Å². The molecule has 1 fully saturated rings. The lowest BCUT2D eigenvalue weighted by Gasteiger charge is -2.43. The maximum atomic E-state index is 10.9. The molecule has 1 aliphatic rings. The van der Waals surface area contributed by atoms with Gasteiger partial charge in [0.05, 0.1) is 6.42 Å². The Bertz CT molecular complexity index is 256. The standard InChI is InChI=1S/C13H26N2O2/c1-10(2)5-6-15-8-11(3)14(4)9-12(15)7-13(16)17/h10-12H,5-9H2,1-4H3,(H,16,17). The van der Waals surface area contributed by atoms with E-state index in [0.717, 1.165) is 26.1 Å². The molecule has 0 aromatic carbocycles. The van der Waals surface area contributed by atoms with Crippen molar-refractivity contribution in [2.75, 3.05) is 26.7 Å². The van der Waals surface area contributed by atoms with E-state index in [9.17, 15) is 4.79 Å². The highest BCUT2D eigenvalue weighted by Crippen LogP contribution is 2.17. The van der Waals surface area contributed by atoms with Gasteiger partial charge in [0.15, 0.2) is 0 Å². The van der Waals surface area contributed by atoms with E-state index in [0.29, 0.717) is 12.0 Å². The van der Waals surface area contributed by atoms with Crippen LogP contribution in [-0.2, 0) is 4.79 Å². The molecule has 1 saturated heterocycles. The molecule has 0 bridgehead atoms. The fourth-order valence-corrected chi connectivity index (χ4v) is 2.35. The summed E-state index contributed by atoms with van der Waals surface area (Å²) in [5.74, 6) is -0.0112. The van der Waals surface area contributed by atoms with Gasteiger partial charge in [-0.3, -0.25) is 9.69 Å². The molecule has 4 heteroatoms. The van der Waals surface area contributed by atoms with Gasteiger partial charge in [-0.05, 0) is 32.9 Å². The molecule has 1 heterocycles. The van der Waals surface area contributed by atoms with Gasteiger partial charge >= 0.3 is 5.97 Å². The summed E-state index contributed by atoms with van der Waals surface area (Å²) in [5.41, 5.74) is 0. The predicted molar refractivity (Wildman–Crippen MR) is 69.2 cm³/mol. The van der Waals surface area contributed by atoms with Crippen molar-refractivity contribution in [3.8, 4) is 0 Å². The van der Waals surface area contributed by atoms with Crippen molar-refractivity contribution in [3.63, 3.8) is 0 Å². The van der Waals surface area contributed by atoms with Crippen LogP contribution in [0.5, 0.6) is 0 Å². The molecule has 2 unspecified atom stereocenters. The first kappa shape index (κ1) is 14.5. The highest BCUT2D eigenvalue weighted by Gasteiger charge is 2.30. The van der Waals surface area contributed by atoms with Crippen LogP contribution in [0.15, 0.2) is 0 Å². The molecule has 1 N–H and O–H groups in total. The first-order chi connectivity index (χ1) is 7.90. The summed E-state index contributed by atoms with van der Waals surface area (Å²) in [5, 5.41) is 8.97. The highest BCUT2D eigenvalue weighted by molar-refractivity contribution is 5.67. The molecule has 0 saturated carbocycles. The zero-order valence-corrected chi connectivity index (χ0v) is 11.5. The zero-order valence-electron chi connectivity index (χ0n) is 11.5. The van der Waals surface area contributed by atoms with Crippen LogP contribution in [0.3, 0.4) is 0 Å². The summed E-state index contributed by atoms with van der Waals surface area (Å²) >= 11 is 0. The number of piperazine rings is 1. The molecule has 1 aliphatic heterocycles. The van der Waals surface area contributed by atoms with Gasteiger partial charge in [0.1, 0.15) is 0 Å². The lowest BCUT2D eigenvalue weighted by molar-refractivity contribution is -0.139. The van der Waals surface area contributed by atoms with Crippen molar-refractivity contribution in [1.29, 1.82) is 0 Å². The normalized spacial score (nSPS) is 27.6. The second-order valence-electron chi connectivity index (χ2n) is 5.72. The Hall–Kier alpha value is -0.610. The minimum Gasteiger partial charge on any atom is -0.481 e. The minimum atomic E-state index is -0.687. The van der Waals surface area contributed by atoms with E-state index >= 15 is 0 Å². The number of aliphatic carboxylic acids is 1. The van der Waals surface area contributed by atoms with E-state index in [2.05, 4.69) is 37.6 Å². The largest absolute Gasteiger partial charge is 0.481 e. The Morgan fingerprint density at radius 3 is 2.59 bits per heavy atom. The minimum absolute atomic E-state index is 0.174. The SMILES string of the molecule is CC(C)CCN1CC(C)N(C)CC1CC(=O)O. The quantitative estimate of drug-likeness (QED) is 0.793. The Kier molecular flexibility index (Phi) is 5.40. The van der Waals surface area contributed by atoms with Gasteiger partial charge in [0.25, 0.3) is 0 Å². The molecule has 0 spiro atoms. The average Bonchev–Trinajstić information content (AvgIpc) is 2.20. The first-order valence-electron chi connectivity index (χ1n) is 6.56. The number of hydrogen-bond donors (Lipinski definition) is 1. The number of carboxylic acids is 1. The van der Waals surface area contributed by atoms with Gasteiger partial charge in [-0.2, -0.15) is 0 Å². The van der Waals surface area contributed by atoms with Crippen molar-refractivity contribution >= 4 is 5.97 Å². The molecule has 0 aliphatic carbocycles. The van der Waals surface area contributed by atoms with Crippen molar-refractivity contribution in [2.24, 2.45) is 5.92 Å². The summed E-state index contributed by atoms with van der Waals surface area (Å²) in [4.78, 5) is 15.5. The van der Waals surface area contributed by atoms with E-state index < -0.39 is 5.97 Å². The molecule has 17 heavy (non-hydrogen) atoms. The molecule has 0 aromatic rings. The Balaban J connectivity index is 2.57. The third-order valence-corrected chi connectivity index (χ3v) is 3.67. The summed E-state index contributed by atoms with van der Waals surface area (Å²) in [6.45, 7) is 9.51. The van der Waals surface area contributed by atoms with E-state index in [4.69, 9.17) is 5.11 Å². The van der Waals surface area contributed by atoms with Crippen molar-refractivity contribution in [2.45, 2.75) is 45.7 Å².